The van der Waals surface area contributed by atoms with Crippen molar-refractivity contribution in [3.63, 3.8) is 0 Å². The summed E-state index contributed by atoms with van der Waals surface area (Å²) in [5.41, 5.74) is 7.69. The van der Waals surface area contributed by atoms with Crippen LogP contribution in [0, 0.1) is 3.57 Å². The third-order valence-electron chi connectivity index (χ3n) is 3.61. The third kappa shape index (κ3) is 2.61. The van der Waals surface area contributed by atoms with Crippen molar-refractivity contribution >= 4 is 40.0 Å². The first kappa shape index (κ1) is 14.0. The van der Waals surface area contributed by atoms with Gasteiger partial charge in [0, 0.05) is 12.1 Å². The largest absolute Gasteiger partial charge is 0.383 e. The van der Waals surface area contributed by atoms with Gasteiger partial charge >= 0.3 is 0 Å². The molecule has 2 N–H and O–H groups in total. The molecule has 0 saturated heterocycles. The summed E-state index contributed by atoms with van der Waals surface area (Å²) in [5, 5.41) is 0.547. The van der Waals surface area contributed by atoms with Crippen LogP contribution >= 0.6 is 34.2 Å². The highest BCUT2D eigenvalue weighted by Gasteiger charge is 2.24. The summed E-state index contributed by atoms with van der Waals surface area (Å²) >= 11 is 8.41. The van der Waals surface area contributed by atoms with Gasteiger partial charge in [-0.1, -0.05) is 24.4 Å². The molecule has 1 aliphatic rings. The predicted octanol–water partition coefficient (Wildman–Crippen LogP) is 4.04. The first-order valence-corrected chi connectivity index (χ1v) is 8.06. The summed E-state index contributed by atoms with van der Waals surface area (Å²) in [6.45, 7) is 0. The molecule has 0 aromatic carbocycles. The molecule has 0 atom stereocenters. The van der Waals surface area contributed by atoms with Crippen LogP contribution in [0.1, 0.15) is 37.3 Å². The molecular weight excluding hydrogens is 387 g/mol. The minimum atomic E-state index is 0.480. The van der Waals surface area contributed by atoms with E-state index < -0.39 is 0 Å². The molecule has 0 amide bonds. The van der Waals surface area contributed by atoms with Gasteiger partial charge in [0.25, 0.3) is 0 Å². The lowest BCUT2D eigenvalue weighted by Gasteiger charge is -2.14. The molecule has 0 unspecified atom stereocenters. The van der Waals surface area contributed by atoms with Gasteiger partial charge in [-0.3, -0.25) is 4.98 Å². The molecule has 2 heterocycles. The number of hydrogen-bond donors (Lipinski definition) is 1. The van der Waals surface area contributed by atoms with Gasteiger partial charge in [0.2, 0.25) is 0 Å². The van der Waals surface area contributed by atoms with Gasteiger partial charge in [-0.2, -0.15) is 0 Å². The number of halogens is 2. The fourth-order valence-corrected chi connectivity index (χ4v) is 3.50. The van der Waals surface area contributed by atoms with Crippen LogP contribution in [0.25, 0.3) is 11.5 Å². The van der Waals surface area contributed by atoms with Crippen LogP contribution < -0.4 is 5.73 Å². The number of hydrogen-bond acceptors (Lipinski definition) is 4. The van der Waals surface area contributed by atoms with Gasteiger partial charge < -0.3 is 5.73 Å². The molecule has 0 radical (unpaired) electrons. The zero-order valence-corrected chi connectivity index (χ0v) is 13.7. The van der Waals surface area contributed by atoms with Gasteiger partial charge in [-0.05, 0) is 47.6 Å². The molecule has 1 saturated carbocycles. The number of aromatic nitrogens is 3. The Bertz CT molecular complexity index is 641. The lowest BCUT2D eigenvalue weighted by molar-refractivity contribution is 0.691. The molecule has 4 nitrogen and oxygen atoms in total. The smallest absolute Gasteiger partial charge is 0.182 e. The van der Waals surface area contributed by atoms with Gasteiger partial charge in [-0.15, -0.1) is 0 Å². The normalized spacial score (nSPS) is 15.7. The SMILES string of the molecule is Nc1nc(-c2ncccc2Cl)nc(C2CCCC2)c1I. The average molecular weight is 401 g/mol. The fourth-order valence-electron chi connectivity index (χ4n) is 2.61. The number of rotatable bonds is 2. The molecule has 0 aliphatic heterocycles. The van der Waals surface area contributed by atoms with Crippen LogP contribution in [0.15, 0.2) is 18.3 Å². The fraction of sp³-hybridized carbons (Fsp3) is 0.357. The van der Waals surface area contributed by atoms with Crippen molar-refractivity contribution in [3.8, 4) is 11.5 Å². The Morgan fingerprint density at radius 3 is 2.70 bits per heavy atom. The summed E-state index contributed by atoms with van der Waals surface area (Å²) < 4.78 is 0.963. The molecule has 1 aliphatic carbocycles. The maximum absolute atomic E-state index is 6.18. The van der Waals surface area contributed by atoms with Crippen LogP contribution in [0.3, 0.4) is 0 Å². The highest BCUT2D eigenvalue weighted by molar-refractivity contribution is 14.1. The van der Waals surface area contributed by atoms with Crippen molar-refractivity contribution < 1.29 is 0 Å². The lowest BCUT2D eigenvalue weighted by Crippen LogP contribution is -2.08. The van der Waals surface area contributed by atoms with Crippen molar-refractivity contribution in [2.75, 3.05) is 5.73 Å². The zero-order chi connectivity index (χ0) is 14.1. The van der Waals surface area contributed by atoms with Crippen molar-refractivity contribution in [1.29, 1.82) is 0 Å². The van der Waals surface area contributed by atoms with Crippen molar-refractivity contribution in [3.05, 3.63) is 32.6 Å². The number of pyridine rings is 1. The summed E-state index contributed by atoms with van der Waals surface area (Å²) in [6, 6.07) is 3.58. The molecule has 1 fully saturated rings. The van der Waals surface area contributed by atoms with Crippen molar-refractivity contribution in [2.45, 2.75) is 31.6 Å². The summed E-state index contributed by atoms with van der Waals surface area (Å²) in [4.78, 5) is 13.3. The summed E-state index contributed by atoms with van der Waals surface area (Å²) in [7, 11) is 0. The Hall–Kier alpha value is -0.950. The highest BCUT2D eigenvalue weighted by Crippen LogP contribution is 2.37. The van der Waals surface area contributed by atoms with E-state index >= 15 is 0 Å². The zero-order valence-electron chi connectivity index (χ0n) is 10.8. The van der Waals surface area contributed by atoms with Gasteiger partial charge in [0.15, 0.2) is 5.82 Å². The molecule has 2 aromatic heterocycles. The van der Waals surface area contributed by atoms with Gasteiger partial charge in [0.1, 0.15) is 11.5 Å². The number of nitrogens with zero attached hydrogens (tertiary/aromatic N) is 3. The standard InChI is InChI=1S/C14H14ClIN4/c15-9-6-3-7-18-12(9)14-19-11(8-4-1-2-5-8)10(16)13(17)20-14/h3,6-8H,1-2,4-5H2,(H2,17,19,20). The minimum Gasteiger partial charge on any atom is -0.383 e. The van der Waals surface area contributed by atoms with Gasteiger partial charge in [0.05, 0.1) is 14.3 Å². The Labute approximate surface area is 136 Å². The third-order valence-corrected chi connectivity index (χ3v) is 5.02. The predicted molar refractivity (Wildman–Crippen MR) is 88.6 cm³/mol. The maximum atomic E-state index is 6.18. The molecule has 2 aromatic rings. The average Bonchev–Trinajstić information content (AvgIpc) is 2.96. The molecule has 0 spiro atoms. The van der Waals surface area contributed by atoms with E-state index in [0.717, 1.165) is 9.26 Å². The lowest BCUT2D eigenvalue weighted by atomic mass is 10.0. The van der Waals surface area contributed by atoms with Crippen molar-refractivity contribution in [2.24, 2.45) is 0 Å². The van der Waals surface area contributed by atoms with E-state index in [0.29, 0.717) is 28.3 Å². The first-order chi connectivity index (χ1) is 9.66. The van der Waals surface area contributed by atoms with Crippen LogP contribution in [-0.4, -0.2) is 15.0 Å². The Morgan fingerprint density at radius 1 is 1.25 bits per heavy atom. The second-order valence-electron chi connectivity index (χ2n) is 4.95. The quantitative estimate of drug-likeness (QED) is 0.773. The van der Waals surface area contributed by atoms with E-state index in [9.17, 15) is 0 Å². The Morgan fingerprint density at radius 2 is 2.00 bits per heavy atom. The molecule has 0 bridgehead atoms. The van der Waals surface area contributed by atoms with Crippen LogP contribution in [0.2, 0.25) is 5.02 Å². The maximum Gasteiger partial charge on any atom is 0.182 e. The van der Waals surface area contributed by atoms with E-state index in [2.05, 4.69) is 32.6 Å². The Balaban J connectivity index is 2.11. The van der Waals surface area contributed by atoms with E-state index in [4.69, 9.17) is 22.3 Å². The highest BCUT2D eigenvalue weighted by atomic mass is 127. The first-order valence-electron chi connectivity index (χ1n) is 6.60. The van der Waals surface area contributed by atoms with Gasteiger partial charge in [-0.25, -0.2) is 9.97 Å². The van der Waals surface area contributed by atoms with E-state index in [-0.39, 0.29) is 0 Å². The molecule has 6 heteroatoms. The van der Waals surface area contributed by atoms with E-state index in [1.165, 1.54) is 25.7 Å². The monoisotopic (exact) mass is 400 g/mol. The number of anilines is 1. The van der Waals surface area contributed by atoms with Crippen LogP contribution in [0.5, 0.6) is 0 Å². The van der Waals surface area contributed by atoms with Crippen LogP contribution in [0.4, 0.5) is 5.82 Å². The summed E-state index contributed by atoms with van der Waals surface area (Å²) in [5.74, 6) is 1.52. The van der Waals surface area contributed by atoms with E-state index in [1.807, 2.05) is 0 Å². The molecule has 3 rings (SSSR count). The van der Waals surface area contributed by atoms with E-state index in [1.54, 1.807) is 18.3 Å². The topological polar surface area (TPSA) is 64.7 Å². The minimum absolute atomic E-state index is 0.480. The number of nitrogens with two attached hydrogens (primary N) is 1. The summed E-state index contributed by atoms with van der Waals surface area (Å²) in [6.07, 6.45) is 6.53. The molecule has 20 heavy (non-hydrogen) atoms. The second-order valence-corrected chi connectivity index (χ2v) is 6.43. The second kappa shape index (κ2) is 5.81. The number of nitrogen functional groups attached to an aromatic ring is 1. The van der Waals surface area contributed by atoms with Crippen molar-refractivity contribution in [1.82, 2.24) is 15.0 Å². The molecule has 104 valence electrons. The van der Waals surface area contributed by atoms with Crippen LogP contribution in [-0.2, 0) is 0 Å². The Kier molecular flexibility index (Phi) is 4.07. The molecular formula is C14H14ClIN4.